The molecule has 0 N–H and O–H groups in total. The Hall–Kier alpha value is -2.77. The lowest BCUT2D eigenvalue weighted by atomic mass is 10.0. The van der Waals surface area contributed by atoms with Gasteiger partial charge < -0.3 is 14.5 Å². The van der Waals surface area contributed by atoms with Crippen molar-refractivity contribution in [1.29, 1.82) is 0 Å². The lowest BCUT2D eigenvalue weighted by molar-refractivity contribution is -0.135. The first-order chi connectivity index (χ1) is 14.5. The van der Waals surface area contributed by atoms with Crippen LogP contribution >= 0.6 is 15.9 Å². The van der Waals surface area contributed by atoms with Gasteiger partial charge in [0.15, 0.2) is 0 Å². The monoisotopic (exact) mass is 467 g/mol. The highest BCUT2D eigenvalue weighted by Gasteiger charge is 2.23. The number of carbonyl (C=O) groups is 2. The maximum Gasteiger partial charge on any atom is 0.254 e. The number of amides is 2. The minimum atomic E-state index is -0.200. The minimum absolute atomic E-state index is 0.0309. The largest absolute Gasteiger partial charge is 0.378 e. The number of nitrogens with zero attached hydrogens (tertiary/aromatic N) is 3. The van der Waals surface area contributed by atoms with Crippen LogP contribution in [0.5, 0.6) is 0 Å². The molecule has 154 valence electrons. The smallest absolute Gasteiger partial charge is 0.254 e. The van der Waals surface area contributed by atoms with Crippen molar-refractivity contribution in [3.8, 4) is 11.3 Å². The number of para-hydroxylation sites is 1. The summed E-state index contributed by atoms with van der Waals surface area (Å²) in [6.07, 6.45) is 0. The Balaban J connectivity index is 1.65. The number of aromatic nitrogens is 1. The van der Waals surface area contributed by atoms with Crippen LogP contribution in [0.25, 0.3) is 22.2 Å². The number of hydrogen-bond acceptors (Lipinski definition) is 4. The van der Waals surface area contributed by atoms with Gasteiger partial charge in [-0.3, -0.25) is 9.59 Å². The molecule has 30 heavy (non-hydrogen) atoms. The maximum atomic E-state index is 13.3. The average Bonchev–Trinajstić information content (AvgIpc) is 2.78. The van der Waals surface area contributed by atoms with Gasteiger partial charge in [0, 0.05) is 35.6 Å². The molecule has 0 saturated carbocycles. The van der Waals surface area contributed by atoms with Gasteiger partial charge in [0.25, 0.3) is 5.91 Å². The molecule has 1 aliphatic heterocycles. The molecule has 2 aromatic carbocycles. The fourth-order valence-corrected chi connectivity index (χ4v) is 3.78. The van der Waals surface area contributed by atoms with E-state index in [2.05, 4.69) is 15.9 Å². The highest BCUT2D eigenvalue weighted by Crippen LogP contribution is 2.26. The molecule has 0 aliphatic carbocycles. The van der Waals surface area contributed by atoms with E-state index in [1.165, 1.54) is 4.90 Å². The molecule has 0 unspecified atom stereocenters. The topological polar surface area (TPSA) is 62.7 Å². The summed E-state index contributed by atoms with van der Waals surface area (Å²) in [6.45, 7) is 2.23. The number of rotatable bonds is 4. The van der Waals surface area contributed by atoms with Crippen molar-refractivity contribution in [2.75, 3.05) is 39.9 Å². The van der Waals surface area contributed by atoms with Crippen molar-refractivity contribution in [2.45, 2.75) is 0 Å². The van der Waals surface area contributed by atoms with Crippen LogP contribution in [-0.2, 0) is 9.53 Å². The maximum absolute atomic E-state index is 13.3. The summed E-state index contributed by atoms with van der Waals surface area (Å²) in [6, 6.07) is 17.2. The van der Waals surface area contributed by atoms with E-state index in [0.29, 0.717) is 31.9 Å². The summed E-state index contributed by atoms with van der Waals surface area (Å²) < 4.78 is 6.27. The molecule has 6 nitrogen and oxygen atoms in total. The minimum Gasteiger partial charge on any atom is -0.378 e. The van der Waals surface area contributed by atoms with Gasteiger partial charge in [-0.05, 0) is 24.3 Å². The average molecular weight is 468 g/mol. The third-order valence-corrected chi connectivity index (χ3v) is 5.70. The molecule has 0 atom stereocenters. The zero-order valence-corrected chi connectivity index (χ0v) is 18.3. The first kappa shape index (κ1) is 20.5. The number of hydrogen-bond donors (Lipinski definition) is 0. The molecule has 2 heterocycles. The second kappa shape index (κ2) is 8.93. The lowest BCUT2D eigenvalue weighted by Crippen LogP contribution is -2.46. The summed E-state index contributed by atoms with van der Waals surface area (Å²) in [5.74, 6) is -0.269. The third kappa shape index (κ3) is 4.37. The van der Waals surface area contributed by atoms with E-state index < -0.39 is 0 Å². The summed E-state index contributed by atoms with van der Waals surface area (Å²) in [5, 5.41) is 0.772. The molecular weight excluding hydrogens is 446 g/mol. The zero-order chi connectivity index (χ0) is 21.1. The molecule has 7 heteroatoms. The summed E-state index contributed by atoms with van der Waals surface area (Å²) in [4.78, 5) is 33.9. The molecule has 4 rings (SSSR count). The van der Waals surface area contributed by atoms with Gasteiger partial charge in [-0.25, -0.2) is 4.98 Å². The predicted molar refractivity (Wildman–Crippen MR) is 119 cm³/mol. The van der Waals surface area contributed by atoms with E-state index in [1.807, 2.05) is 54.6 Å². The Labute approximate surface area is 183 Å². The number of morpholine rings is 1. The molecule has 1 aliphatic rings. The molecule has 1 aromatic heterocycles. The Morgan fingerprint density at radius 3 is 2.53 bits per heavy atom. The summed E-state index contributed by atoms with van der Waals surface area (Å²) in [7, 11) is 1.66. The van der Waals surface area contributed by atoms with E-state index in [4.69, 9.17) is 9.72 Å². The molecule has 2 amide bonds. The number of fused-ring (bicyclic) bond motifs is 1. The Morgan fingerprint density at radius 1 is 1.10 bits per heavy atom. The second-order valence-electron chi connectivity index (χ2n) is 7.23. The van der Waals surface area contributed by atoms with E-state index in [9.17, 15) is 9.59 Å². The SMILES string of the molecule is CN(CC(=O)N1CCOCC1)C(=O)c1cc(-c2ccc(Br)cc2)nc2ccccc12. The van der Waals surface area contributed by atoms with Gasteiger partial charge in [0.2, 0.25) is 5.91 Å². The van der Waals surface area contributed by atoms with Crippen LogP contribution in [0.2, 0.25) is 0 Å². The predicted octanol–water partition coefficient (Wildman–Crippen LogP) is 3.60. The van der Waals surface area contributed by atoms with Crippen molar-refractivity contribution >= 4 is 38.6 Å². The van der Waals surface area contributed by atoms with Crippen LogP contribution in [0.3, 0.4) is 0 Å². The molecule has 0 spiro atoms. The van der Waals surface area contributed by atoms with Crippen molar-refractivity contribution in [1.82, 2.24) is 14.8 Å². The van der Waals surface area contributed by atoms with Crippen LogP contribution < -0.4 is 0 Å². The normalized spacial score (nSPS) is 14.0. The van der Waals surface area contributed by atoms with E-state index in [1.54, 1.807) is 11.9 Å². The van der Waals surface area contributed by atoms with E-state index in [-0.39, 0.29) is 18.4 Å². The molecule has 1 fully saturated rings. The van der Waals surface area contributed by atoms with Crippen LogP contribution in [0, 0.1) is 0 Å². The number of pyridine rings is 1. The molecule has 3 aromatic rings. The van der Waals surface area contributed by atoms with Crippen molar-refractivity contribution in [2.24, 2.45) is 0 Å². The van der Waals surface area contributed by atoms with Gasteiger partial charge in [-0.1, -0.05) is 46.3 Å². The quantitative estimate of drug-likeness (QED) is 0.587. The fraction of sp³-hybridized carbons (Fsp3) is 0.261. The Bertz CT molecular complexity index is 1080. The van der Waals surface area contributed by atoms with Gasteiger partial charge in [0.05, 0.1) is 36.5 Å². The Kier molecular flexibility index (Phi) is 6.11. The molecule has 0 bridgehead atoms. The van der Waals surface area contributed by atoms with Crippen LogP contribution in [0.1, 0.15) is 10.4 Å². The first-order valence-corrected chi connectivity index (χ1v) is 10.6. The lowest BCUT2D eigenvalue weighted by Gasteiger charge is -2.29. The highest BCUT2D eigenvalue weighted by molar-refractivity contribution is 9.10. The zero-order valence-electron chi connectivity index (χ0n) is 16.7. The number of carbonyl (C=O) groups excluding carboxylic acids is 2. The first-order valence-electron chi connectivity index (χ1n) is 9.79. The van der Waals surface area contributed by atoms with Gasteiger partial charge in [-0.15, -0.1) is 0 Å². The van der Waals surface area contributed by atoms with E-state index in [0.717, 1.165) is 26.6 Å². The third-order valence-electron chi connectivity index (χ3n) is 5.17. The van der Waals surface area contributed by atoms with E-state index >= 15 is 0 Å². The Morgan fingerprint density at radius 2 is 1.80 bits per heavy atom. The second-order valence-corrected chi connectivity index (χ2v) is 8.15. The highest BCUT2D eigenvalue weighted by atomic mass is 79.9. The van der Waals surface area contributed by atoms with Crippen molar-refractivity contribution in [3.63, 3.8) is 0 Å². The van der Waals surface area contributed by atoms with Crippen LogP contribution in [0.4, 0.5) is 0 Å². The molecule has 0 radical (unpaired) electrons. The summed E-state index contributed by atoms with van der Waals surface area (Å²) >= 11 is 3.45. The van der Waals surface area contributed by atoms with Gasteiger partial charge in [-0.2, -0.15) is 0 Å². The standard InChI is InChI=1S/C23H22BrN3O3/c1-26(15-22(28)27-10-12-30-13-11-27)23(29)19-14-21(16-6-8-17(24)9-7-16)25-20-5-3-2-4-18(19)20/h2-9,14H,10-13,15H2,1H3. The van der Waals surface area contributed by atoms with Gasteiger partial charge in [0.1, 0.15) is 0 Å². The van der Waals surface area contributed by atoms with Crippen LogP contribution in [-0.4, -0.2) is 66.5 Å². The van der Waals surface area contributed by atoms with Crippen LogP contribution in [0.15, 0.2) is 59.1 Å². The molecular formula is C23H22BrN3O3. The number of likely N-dealkylation sites (N-methyl/N-ethyl adjacent to an activating group) is 1. The number of halogens is 1. The van der Waals surface area contributed by atoms with Crippen molar-refractivity contribution in [3.05, 3.63) is 64.6 Å². The summed E-state index contributed by atoms with van der Waals surface area (Å²) in [5.41, 5.74) is 2.92. The van der Waals surface area contributed by atoms with Gasteiger partial charge >= 0.3 is 0 Å². The van der Waals surface area contributed by atoms with Crippen molar-refractivity contribution < 1.29 is 14.3 Å². The molecule has 1 saturated heterocycles. The number of ether oxygens (including phenoxy) is 1. The fourth-order valence-electron chi connectivity index (χ4n) is 3.51. The number of benzene rings is 2.